The normalized spacial score (nSPS) is 26.2. The van der Waals surface area contributed by atoms with Gasteiger partial charge in [0.1, 0.15) is 11.8 Å². The number of carbonyl (C=O) groups is 3. The second kappa shape index (κ2) is 13.7. The molecule has 8 nitrogen and oxygen atoms in total. The molecule has 5 atom stereocenters. The molecule has 0 aromatic heterocycles. The summed E-state index contributed by atoms with van der Waals surface area (Å²) in [6.45, 7) is 17.4. The molecule has 0 saturated carbocycles. The average molecular weight is 646 g/mol. The zero-order valence-electron chi connectivity index (χ0n) is 27.5. The van der Waals surface area contributed by atoms with Gasteiger partial charge in [-0.05, 0) is 94.8 Å². The number of carbonyl (C=O) groups excluding carboxylic acids is 3. The molecule has 3 aliphatic rings. The smallest absolute Gasteiger partial charge is 0.251 e. The largest absolute Gasteiger partial charge is 0.494 e. The van der Waals surface area contributed by atoms with Gasteiger partial charge in [0.2, 0.25) is 11.8 Å². The van der Waals surface area contributed by atoms with Crippen LogP contribution in [0.5, 0.6) is 5.75 Å². The van der Waals surface area contributed by atoms with Crippen LogP contribution < -0.4 is 14.5 Å². The third kappa shape index (κ3) is 5.77. The van der Waals surface area contributed by atoms with Crippen LogP contribution in [0.3, 0.4) is 0 Å². The molecule has 2 aromatic rings. The average Bonchev–Trinajstić information content (AvgIpc) is 3.60. The van der Waals surface area contributed by atoms with Crippen LogP contribution in [0.15, 0.2) is 67.8 Å². The van der Waals surface area contributed by atoms with Crippen LogP contribution in [-0.2, 0) is 14.4 Å². The number of hydrogen-bond acceptors (Lipinski definition) is 6. The molecule has 1 spiro atoms. The number of aliphatic hydroxyl groups is 1. The molecule has 3 heterocycles. The van der Waals surface area contributed by atoms with Crippen LogP contribution in [-0.4, -0.2) is 76.1 Å². The number of likely N-dealkylation sites (tertiary alicyclic amines) is 1. The maximum absolute atomic E-state index is 14.9. The molecule has 3 amide bonds. The highest BCUT2D eigenvalue weighted by Crippen LogP contribution is 2.71. The third-order valence-electron chi connectivity index (χ3n) is 9.85. The minimum Gasteiger partial charge on any atom is -0.494 e. The van der Waals surface area contributed by atoms with E-state index in [-0.39, 0.29) is 24.3 Å². The van der Waals surface area contributed by atoms with Crippen LogP contribution in [0.2, 0.25) is 0 Å². The van der Waals surface area contributed by atoms with Crippen molar-refractivity contribution in [3.05, 3.63) is 78.9 Å². The lowest BCUT2D eigenvalue weighted by molar-refractivity contribution is -0.139. The Morgan fingerprint density at radius 1 is 1.04 bits per heavy atom. The number of unbranched alkanes of at least 4 members (excludes halogenated alkanes) is 1. The van der Waals surface area contributed by atoms with Gasteiger partial charge in [-0.1, -0.05) is 24.3 Å². The van der Waals surface area contributed by atoms with Gasteiger partial charge in [-0.25, -0.2) is 0 Å². The quantitative estimate of drug-likeness (QED) is 0.210. The summed E-state index contributed by atoms with van der Waals surface area (Å²) in [5, 5.41) is 9.57. The highest BCUT2D eigenvalue weighted by Gasteiger charge is 2.77. The zero-order chi connectivity index (χ0) is 33.2. The second-order valence-electron chi connectivity index (χ2n) is 12.9. The van der Waals surface area contributed by atoms with Crippen LogP contribution >= 0.6 is 11.8 Å². The molecule has 3 aliphatic heterocycles. The Hall–Kier alpha value is -3.56. The van der Waals surface area contributed by atoms with Gasteiger partial charge in [0, 0.05) is 42.4 Å². The number of aryl methyl sites for hydroxylation is 2. The van der Waals surface area contributed by atoms with E-state index >= 15 is 0 Å². The summed E-state index contributed by atoms with van der Waals surface area (Å²) < 4.78 is 4.36. The molecular weight excluding hydrogens is 598 g/mol. The number of anilines is 2. The molecule has 5 rings (SSSR count). The molecular formula is C37H47N3O5S. The summed E-state index contributed by atoms with van der Waals surface area (Å²) in [7, 11) is 0. The number of fused-ring (bicyclic) bond motifs is 1. The number of nitrogens with zero attached hydrogens (tertiary/aromatic N) is 3. The lowest BCUT2D eigenvalue weighted by Crippen LogP contribution is -2.55. The summed E-state index contributed by atoms with van der Waals surface area (Å²) >= 11 is 1.67. The molecule has 46 heavy (non-hydrogen) atoms. The number of amides is 3. The van der Waals surface area contributed by atoms with E-state index in [1.165, 1.54) is 0 Å². The number of rotatable bonds is 14. The van der Waals surface area contributed by atoms with Gasteiger partial charge in [-0.15, -0.1) is 24.9 Å². The molecule has 2 bridgehead atoms. The third-order valence-corrected chi connectivity index (χ3v) is 11.8. The van der Waals surface area contributed by atoms with Gasteiger partial charge in [0.15, 0.2) is 0 Å². The van der Waals surface area contributed by atoms with Gasteiger partial charge in [-0.2, -0.15) is 0 Å². The maximum Gasteiger partial charge on any atom is 0.251 e. The summed E-state index contributed by atoms with van der Waals surface area (Å²) in [5.41, 5.74) is 3.51. The molecule has 2 aromatic carbocycles. The van der Waals surface area contributed by atoms with Gasteiger partial charge in [0.25, 0.3) is 5.91 Å². The first kappa shape index (κ1) is 33.8. The van der Waals surface area contributed by atoms with Gasteiger partial charge >= 0.3 is 0 Å². The molecule has 1 N–H and O–H groups in total. The Morgan fingerprint density at radius 3 is 2.39 bits per heavy atom. The predicted octanol–water partition coefficient (Wildman–Crippen LogP) is 5.69. The first-order chi connectivity index (χ1) is 22.1. The monoisotopic (exact) mass is 645 g/mol. The van der Waals surface area contributed by atoms with Crippen LogP contribution in [0.1, 0.15) is 50.7 Å². The fraction of sp³-hybridized carbons (Fsp3) is 0.486. The Balaban J connectivity index is 1.57. The van der Waals surface area contributed by atoms with E-state index in [4.69, 9.17) is 4.74 Å². The molecule has 0 radical (unpaired) electrons. The molecule has 3 fully saturated rings. The Morgan fingerprint density at radius 2 is 1.74 bits per heavy atom. The number of benzene rings is 2. The zero-order valence-corrected chi connectivity index (χ0v) is 28.4. The van der Waals surface area contributed by atoms with E-state index in [1.807, 2.05) is 63.2 Å². The number of ether oxygens (including phenoxy) is 1. The van der Waals surface area contributed by atoms with Crippen molar-refractivity contribution in [1.82, 2.24) is 4.90 Å². The highest BCUT2D eigenvalue weighted by molar-refractivity contribution is 8.02. The van der Waals surface area contributed by atoms with Crippen molar-refractivity contribution in [3.8, 4) is 5.75 Å². The highest BCUT2D eigenvalue weighted by atomic mass is 32.2. The molecule has 0 aliphatic carbocycles. The topological polar surface area (TPSA) is 90.4 Å². The Bertz CT molecular complexity index is 1490. The molecule has 246 valence electrons. The van der Waals surface area contributed by atoms with Gasteiger partial charge in [0.05, 0.1) is 23.2 Å². The lowest BCUT2D eigenvalue weighted by Gasteiger charge is -2.38. The van der Waals surface area contributed by atoms with E-state index in [0.29, 0.717) is 51.2 Å². The Kier molecular flexibility index (Phi) is 10.0. The van der Waals surface area contributed by atoms with Gasteiger partial charge < -0.3 is 24.5 Å². The predicted molar refractivity (Wildman–Crippen MR) is 185 cm³/mol. The second-order valence-corrected chi connectivity index (χ2v) is 14.8. The fourth-order valence-corrected chi connectivity index (χ4v) is 10.2. The molecule has 9 heteroatoms. The fourth-order valence-electron chi connectivity index (χ4n) is 7.82. The molecule has 3 saturated heterocycles. The van der Waals surface area contributed by atoms with Crippen LogP contribution in [0.4, 0.5) is 11.4 Å². The van der Waals surface area contributed by atoms with Crippen LogP contribution in [0.25, 0.3) is 0 Å². The summed E-state index contributed by atoms with van der Waals surface area (Å²) in [6.07, 6.45) is 5.90. The first-order valence-electron chi connectivity index (χ1n) is 16.3. The van der Waals surface area contributed by atoms with Crippen molar-refractivity contribution in [2.75, 3.05) is 42.6 Å². The number of hydrogen-bond donors (Lipinski definition) is 1. The molecule has 2 unspecified atom stereocenters. The minimum atomic E-state index is -0.752. The first-order valence-corrected chi connectivity index (χ1v) is 17.1. The minimum absolute atomic E-state index is 0.00677. The SMILES string of the molecule is C=CCN(C(=O)[C@H]1[C@H]2C(=O)N(CCCCO)C(C(=O)N(CC=C)c3cc(C)ccc3C)C23CC[C@]1(C)S3)c1ccc(OCC)cc1. The van der Waals surface area contributed by atoms with Crippen molar-refractivity contribution in [3.63, 3.8) is 0 Å². The van der Waals surface area contributed by atoms with Crippen molar-refractivity contribution in [2.45, 2.75) is 68.9 Å². The summed E-state index contributed by atoms with van der Waals surface area (Å²) in [5.74, 6) is -0.955. The Labute approximate surface area is 277 Å². The van der Waals surface area contributed by atoms with Crippen molar-refractivity contribution in [1.29, 1.82) is 0 Å². The number of aliphatic hydroxyl groups excluding tert-OH is 1. The standard InChI is InChI=1S/C37H47N3O5S/c1-7-20-38(27-14-16-28(17-15-27)45-9-3)33(42)30-31-34(43)40(22-10-11-23-41)32(37(31)19-18-36(30,6)46-37)35(44)39(21-8-2)29-24-25(4)12-13-26(29)5/h7-8,12-17,24,30-32,41H,1-2,9-11,18-23H2,3-6H3/t30-,31+,32?,36+,37?/m1/s1. The maximum atomic E-state index is 14.9. The van der Waals surface area contributed by atoms with Crippen molar-refractivity contribution < 1.29 is 24.2 Å². The van der Waals surface area contributed by atoms with Gasteiger partial charge in [-0.3, -0.25) is 14.4 Å². The number of thioether (sulfide) groups is 1. The van der Waals surface area contributed by atoms with Crippen LogP contribution in [0, 0.1) is 25.7 Å². The van der Waals surface area contributed by atoms with E-state index in [9.17, 15) is 19.5 Å². The lowest BCUT2D eigenvalue weighted by atomic mass is 9.66. The van der Waals surface area contributed by atoms with E-state index in [2.05, 4.69) is 20.1 Å². The summed E-state index contributed by atoms with van der Waals surface area (Å²) in [6, 6.07) is 12.7. The summed E-state index contributed by atoms with van der Waals surface area (Å²) in [4.78, 5) is 49.5. The van der Waals surface area contributed by atoms with E-state index in [1.54, 1.807) is 38.6 Å². The van der Waals surface area contributed by atoms with E-state index in [0.717, 1.165) is 29.0 Å². The van der Waals surface area contributed by atoms with Crippen molar-refractivity contribution >= 4 is 40.9 Å². The van der Waals surface area contributed by atoms with E-state index < -0.39 is 27.4 Å². The van der Waals surface area contributed by atoms with Crippen molar-refractivity contribution in [2.24, 2.45) is 11.8 Å².